The van der Waals surface area contributed by atoms with Crippen molar-refractivity contribution >= 4 is 22.5 Å². The summed E-state index contributed by atoms with van der Waals surface area (Å²) in [5, 5.41) is 1.68. The number of aromatic nitrogens is 1. The van der Waals surface area contributed by atoms with Crippen LogP contribution in [0.1, 0.15) is 32.4 Å². The first kappa shape index (κ1) is 12.2. The molecule has 3 heteroatoms. The van der Waals surface area contributed by atoms with Crippen molar-refractivity contribution < 1.29 is 4.74 Å². The second-order valence-corrected chi connectivity index (χ2v) is 4.70. The Labute approximate surface area is 107 Å². The van der Waals surface area contributed by atoms with Crippen molar-refractivity contribution in [2.75, 3.05) is 6.61 Å². The Morgan fingerprint density at radius 1 is 1.29 bits per heavy atom. The zero-order chi connectivity index (χ0) is 12.4. The monoisotopic (exact) mass is 249 g/mol. The van der Waals surface area contributed by atoms with E-state index in [-0.39, 0.29) is 0 Å². The fourth-order valence-corrected chi connectivity index (χ4v) is 2.00. The van der Waals surface area contributed by atoms with Gasteiger partial charge in [-0.2, -0.15) is 0 Å². The normalized spacial score (nSPS) is 11.1. The summed E-state index contributed by atoms with van der Waals surface area (Å²) in [5.74, 6) is 1.21. The Morgan fingerprint density at radius 2 is 2.06 bits per heavy atom. The molecule has 0 amide bonds. The van der Waals surface area contributed by atoms with Gasteiger partial charge in [-0.05, 0) is 37.1 Å². The molecule has 1 heterocycles. The van der Waals surface area contributed by atoms with Crippen LogP contribution < -0.4 is 4.74 Å². The molecule has 0 saturated carbocycles. The molecule has 0 saturated heterocycles. The third-order valence-electron chi connectivity index (χ3n) is 2.65. The van der Waals surface area contributed by atoms with Gasteiger partial charge in [-0.1, -0.05) is 25.4 Å². The predicted octanol–water partition coefficient (Wildman–Crippen LogP) is 4.41. The predicted molar refractivity (Wildman–Crippen MR) is 72.0 cm³/mol. The number of hydrogen-bond donors (Lipinski definition) is 0. The van der Waals surface area contributed by atoms with Crippen LogP contribution in [0, 0.1) is 0 Å². The summed E-state index contributed by atoms with van der Waals surface area (Å²) in [6, 6.07) is 7.76. The maximum atomic E-state index is 6.28. The van der Waals surface area contributed by atoms with Crippen molar-refractivity contribution in [3.63, 3.8) is 0 Å². The van der Waals surface area contributed by atoms with E-state index in [1.165, 1.54) is 0 Å². The third-order valence-corrected chi connectivity index (χ3v) is 2.96. The first-order valence-corrected chi connectivity index (χ1v) is 6.22. The molecule has 0 fully saturated rings. The molecule has 17 heavy (non-hydrogen) atoms. The molecule has 0 aliphatic heterocycles. The minimum absolute atomic E-state index is 0.378. The number of nitrogens with zero attached hydrogens (tertiary/aromatic N) is 1. The van der Waals surface area contributed by atoms with E-state index in [0.29, 0.717) is 12.5 Å². The summed E-state index contributed by atoms with van der Waals surface area (Å²) in [6.45, 7) is 6.84. The molecule has 0 N–H and O–H groups in total. The van der Waals surface area contributed by atoms with E-state index in [4.69, 9.17) is 16.3 Å². The van der Waals surface area contributed by atoms with Crippen LogP contribution in [0.25, 0.3) is 10.9 Å². The second kappa shape index (κ2) is 4.92. The number of rotatable bonds is 3. The third kappa shape index (κ3) is 2.52. The van der Waals surface area contributed by atoms with Crippen molar-refractivity contribution in [2.24, 2.45) is 0 Å². The number of halogens is 1. The van der Waals surface area contributed by atoms with Crippen LogP contribution in [-0.4, -0.2) is 11.6 Å². The Morgan fingerprint density at radius 3 is 2.71 bits per heavy atom. The minimum atomic E-state index is 0.378. The summed E-state index contributed by atoms with van der Waals surface area (Å²) in [7, 11) is 0. The summed E-state index contributed by atoms with van der Waals surface area (Å²) >= 11 is 6.28. The average molecular weight is 250 g/mol. The molecular formula is C14H16ClNO. The maximum Gasteiger partial charge on any atom is 0.120 e. The lowest BCUT2D eigenvalue weighted by Crippen LogP contribution is -1.95. The Balaban J connectivity index is 2.56. The summed E-state index contributed by atoms with van der Waals surface area (Å²) in [5.41, 5.74) is 1.94. The number of fused-ring (bicyclic) bond motifs is 1. The molecule has 2 rings (SSSR count). The SMILES string of the molecule is CCOc1ccc2nc(C(C)C)cc(Cl)c2c1. The van der Waals surface area contributed by atoms with Gasteiger partial charge in [0.25, 0.3) is 0 Å². The Kier molecular flexibility index (Phi) is 3.53. The first-order valence-electron chi connectivity index (χ1n) is 5.84. The molecule has 90 valence electrons. The summed E-state index contributed by atoms with van der Waals surface area (Å²) in [6.07, 6.45) is 0. The van der Waals surface area contributed by atoms with E-state index >= 15 is 0 Å². The smallest absolute Gasteiger partial charge is 0.120 e. The van der Waals surface area contributed by atoms with Crippen molar-refractivity contribution in [1.29, 1.82) is 0 Å². The van der Waals surface area contributed by atoms with Crippen molar-refractivity contribution in [3.8, 4) is 5.75 Å². The highest BCUT2D eigenvalue weighted by Gasteiger charge is 2.08. The lowest BCUT2D eigenvalue weighted by atomic mass is 10.1. The van der Waals surface area contributed by atoms with Gasteiger partial charge in [-0.3, -0.25) is 4.98 Å². The number of benzene rings is 1. The van der Waals surface area contributed by atoms with E-state index in [1.54, 1.807) is 0 Å². The largest absolute Gasteiger partial charge is 0.494 e. The minimum Gasteiger partial charge on any atom is -0.494 e. The highest BCUT2D eigenvalue weighted by molar-refractivity contribution is 6.35. The molecule has 0 radical (unpaired) electrons. The molecule has 0 aliphatic rings. The molecule has 1 aromatic carbocycles. The van der Waals surface area contributed by atoms with Gasteiger partial charge in [-0.15, -0.1) is 0 Å². The van der Waals surface area contributed by atoms with Crippen LogP contribution in [0.15, 0.2) is 24.3 Å². The van der Waals surface area contributed by atoms with E-state index in [1.807, 2.05) is 31.2 Å². The van der Waals surface area contributed by atoms with Gasteiger partial charge in [0, 0.05) is 11.1 Å². The Hall–Kier alpha value is -1.28. The van der Waals surface area contributed by atoms with Gasteiger partial charge >= 0.3 is 0 Å². The molecule has 1 aromatic heterocycles. The molecule has 2 aromatic rings. The van der Waals surface area contributed by atoms with Crippen LogP contribution in [-0.2, 0) is 0 Å². The second-order valence-electron chi connectivity index (χ2n) is 4.30. The topological polar surface area (TPSA) is 22.1 Å². The standard InChI is InChI=1S/C14H16ClNO/c1-4-17-10-5-6-13-11(7-10)12(15)8-14(16-13)9(2)3/h5-9H,4H2,1-3H3. The van der Waals surface area contributed by atoms with Crippen LogP contribution >= 0.6 is 11.6 Å². The van der Waals surface area contributed by atoms with Gasteiger partial charge in [-0.25, -0.2) is 0 Å². The molecule has 0 atom stereocenters. The lowest BCUT2D eigenvalue weighted by Gasteiger charge is -2.09. The van der Waals surface area contributed by atoms with Crippen molar-refractivity contribution in [3.05, 3.63) is 35.0 Å². The summed E-state index contributed by atoms with van der Waals surface area (Å²) in [4.78, 5) is 4.60. The molecule has 0 bridgehead atoms. The van der Waals surface area contributed by atoms with Crippen molar-refractivity contribution in [1.82, 2.24) is 4.98 Å². The van der Waals surface area contributed by atoms with Crippen LogP contribution in [0.4, 0.5) is 0 Å². The number of ether oxygens (including phenoxy) is 1. The van der Waals surface area contributed by atoms with Crippen LogP contribution in [0.3, 0.4) is 0 Å². The van der Waals surface area contributed by atoms with E-state index in [2.05, 4.69) is 18.8 Å². The zero-order valence-corrected chi connectivity index (χ0v) is 11.1. The number of hydrogen-bond acceptors (Lipinski definition) is 2. The molecule has 2 nitrogen and oxygen atoms in total. The molecule has 0 unspecified atom stereocenters. The van der Waals surface area contributed by atoms with E-state index in [0.717, 1.165) is 27.4 Å². The average Bonchev–Trinajstić information content (AvgIpc) is 2.30. The van der Waals surface area contributed by atoms with Crippen molar-refractivity contribution in [2.45, 2.75) is 26.7 Å². The molecule has 0 spiro atoms. The molecular weight excluding hydrogens is 234 g/mol. The van der Waals surface area contributed by atoms with Gasteiger partial charge in [0.1, 0.15) is 5.75 Å². The quantitative estimate of drug-likeness (QED) is 0.804. The van der Waals surface area contributed by atoms with Crippen LogP contribution in [0.5, 0.6) is 5.75 Å². The number of pyridine rings is 1. The molecule has 0 aliphatic carbocycles. The lowest BCUT2D eigenvalue weighted by molar-refractivity contribution is 0.340. The van der Waals surface area contributed by atoms with Crippen LogP contribution in [0.2, 0.25) is 5.02 Å². The highest BCUT2D eigenvalue weighted by atomic mass is 35.5. The first-order chi connectivity index (χ1) is 8.11. The maximum absolute atomic E-state index is 6.28. The zero-order valence-electron chi connectivity index (χ0n) is 10.3. The van der Waals surface area contributed by atoms with E-state index < -0.39 is 0 Å². The fourth-order valence-electron chi connectivity index (χ4n) is 1.74. The van der Waals surface area contributed by atoms with Gasteiger partial charge < -0.3 is 4.74 Å². The van der Waals surface area contributed by atoms with Gasteiger partial charge in [0.15, 0.2) is 0 Å². The van der Waals surface area contributed by atoms with Gasteiger partial charge in [0.2, 0.25) is 0 Å². The van der Waals surface area contributed by atoms with E-state index in [9.17, 15) is 0 Å². The summed E-state index contributed by atoms with van der Waals surface area (Å²) < 4.78 is 5.46. The highest BCUT2D eigenvalue weighted by Crippen LogP contribution is 2.29. The Bertz CT molecular complexity index is 537. The van der Waals surface area contributed by atoms with Gasteiger partial charge in [0.05, 0.1) is 17.1 Å². The fraction of sp³-hybridized carbons (Fsp3) is 0.357.